The Balaban J connectivity index is 2.74. The molecular formula is C14H21ClN2O2. The summed E-state index contributed by atoms with van der Waals surface area (Å²) in [6.07, 6.45) is 0. The van der Waals surface area contributed by atoms with Gasteiger partial charge in [-0.15, -0.1) is 0 Å². The molecule has 0 saturated carbocycles. The van der Waals surface area contributed by atoms with E-state index in [-0.39, 0.29) is 12.6 Å². The highest BCUT2D eigenvalue weighted by Gasteiger charge is 2.21. The van der Waals surface area contributed by atoms with E-state index < -0.39 is 5.60 Å². The van der Waals surface area contributed by atoms with Crippen LogP contribution in [0.3, 0.4) is 0 Å². The van der Waals surface area contributed by atoms with Crippen LogP contribution >= 0.6 is 11.6 Å². The average Bonchev–Trinajstić information content (AvgIpc) is 2.29. The van der Waals surface area contributed by atoms with Gasteiger partial charge in [0.15, 0.2) is 0 Å². The van der Waals surface area contributed by atoms with Crippen molar-refractivity contribution in [2.45, 2.75) is 33.3 Å². The van der Waals surface area contributed by atoms with Gasteiger partial charge in [-0.1, -0.05) is 17.7 Å². The quantitative estimate of drug-likeness (QED) is 0.891. The molecule has 0 aliphatic rings. The van der Waals surface area contributed by atoms with Crippen molar-refractivity contribution >= 4 is 23.3 Å². The number of benzene rings is 1. The van der Waals surface area contributed by atoms with Crippen molar-refractivity contribution in [3.05, 3.63) is 28.8 Å². The van der Waals surface area contributed by atoms with Gasteiger partial charge in [0.25, 0.3) is 0 Å². The minimum absolute atomic E-state index is 0.246. The zero-order chi connectivity index (χ0) is 14.6. The molecule has 0 aliphatic carbocycles. The second kappa shape index (κ2) is 6.26. The summed E-state index contributed by atoms with van der Waals surface area (Å²) in [5.41, 5.74) is 0.691. The standard InChI is InChI=1S/C14H21ClN2O2/c1-5-17(9-14(3,4)19)13(18)16-11-7-6-10(2)12(15)8-11/h6-8,19H,5,9H2,1-4H3,(H,16,18). The molecule has 0 heterocycles. The number of nitrogens with zero attached hydrogens (tertiary/aromatic N) is 1. The van der Waals surface area contributed by atoms with Crippen LogP contribution in [0.4, 0.5) is 10.5 Å². The summed E-state index contributed by atoms with van der Waals surface area (Å²) in [5, 5.41) is 13.2. The van der Waals surface area contributed by atoms with Crippen molar-refractivity contribution in [1.29, 1.82) is 0 Å². The maximum Gasteiger partial charge on any atom is 0.321 e. The van der Waals surface area contributed by atoms with Crippen molar-refractivity contribution < 1.29 is 9.90 Å². The normalized spacial score (nSPS) is 11.3. The van der Waals surface area contributed by atoms with Crippen LogP contribution in [0, 0.1) is 6.92 Å². The fraction of sp³-hybridized carbons (Fsp3) is 0.500. The number of aryl methyl sites for hydroxylation is 1. The first-order valence-corrected chi connectivity index (χ1v) is 6.65. The lowest BCUT2D eigenvalue weighted by molar-refractivity contribution is 0.0501. The van der Waals surface area contributed by atoms with E-state index in [4.69, 9.17) is 11.6 Å². The topological polar surface area (TPSA) is 52.6 Å². The molecule has 0 fully saturated rings. The van der Waals surface area contributed by atoms with E-state index in [1.807, 2.05) is 19.9 Å². The molecule has 0 aromatic heterocycles. The lowest BCUT2D eigenvalue weighted by Crippen LogP contribution is -2.44. The number of hydrogen-bond donors (Lipinski definition) is 2. The largest absolute Gasteiger partial charge is 0.389 e. The van der Waals surface area contributed by atoms with Crippen LogP contribution in [-0.4, -0.2) is 34.7 Å². The Labute approximate surface area is 119 Å². The van der Waals surface area contributed by atoms with Crippen molar-refractivity contribution in [2.75, 3.05) is 18.4 Å². The number of nitrogens with one attached hydrogen (secondary N) is 1. The third-order valence-electron chi connectivity index (χ3n) is 2.67. The lowest BCUT2D eigenvalue weighted by atomic mass is 10.1. The predicted molar refractivity (Wildman–Crippen MR) is 78.8 cm³/mol. The van der Waals surface area contributed by atoms with Gasteiger partial charge in [-0.05, 0) is 45.4 Å². The monoisotopic (exact) mass is 284 g/mol. The van der Waals surface area contributed by atoms with Crippen molar-refractivity contribution in [1.82, 2.24) is 4.90 Å². The molecule has 1 aromatic rings. The number of carbonyl (C=O) groups is 1. The number of rotatable bonds is 4. The smallest absolute Gasteiger partial charge is 0.321 e. The average molecular weight is 285 g/mol. The second-order valence-electron chi connectivity index (χ2n) is 5.22. The molecule has 0 atom stereocenters. The number of halogens is 1. The number of urea groups is 1. The summed E-state index contributed by atoms with van der Waals surface area (Å²) in [5.74, 6) is 0. The van der Waals surface area contributed by atoms with E-state index in [0.29, 0.717) is 17.3 Å². The molecule has 0 bridgehead atoms. The molecule has 2 amide bonds. The van der Waals surface area contributed by atoms with E-state index in [9.17, 15) is 9.90 Å². The molecule has 1 aromatic carbocycles. The molecule has 0 spiro atoms. The van der Waals surface area contributed by atoms with Gasteiger partial charge < -0.3 is 15.3 Å². The first kappa shape index (κ1) is 15.8. The van der Waals surface area contributed by atoms with E-state index in [0.717, 1.165) is 5.56 Å². The van der Waals surface area contributed by atoms with E-state index in [2.05, 4.69) is 5.32 Å². The number of anilines is 1. The number of likely N-dealkylation sites (N-methyl/N-ethyl adjacent to an activating group) is 1. The molecule has 0 radical (unpaired) electrons. The molecule has 4 nitrogen and oxygen atoms in total. The molecule has 0 unspecified atom stereocenters. The summed E-state index contributed by atoms with van der Waals surface area (Å²) in [6.45, 7) is 7.91. The fourth-order valence-electron chi connectivity index (χ4n) is 1.67. The van der Waals surface area contributed by atoms with Gasteiger partial charge in [-0.3, -0.25) is 0 Å². The molecule has 0 aliphatic heterocycles. The third kappa shape index (κ3) is 5.09. The second-order valence-corrected chi connectivity index (χ2v) is 5.63. The Bertz CT molecular complexity index is 455. The minimum Gasteiger partial charge on any atom is -0.389 e. The number of hydrogen-bond acceptors (Lipinski definition) is 2. The lowest BCUT2D eigenvalue weighted by Gasteiger charge is -2.28. The SMILES string of the molecule is CCN(CC(C)(C)O)C(=O)Nc1ccc(C)c(Cl)c1. The molecule has 1 rings (SSSR count). The van der Waals surface area contributed by atoms with Crippen LogP contribution in [-0.2, 0) is 0 Å². The van der Waals surface area contributed by atoms with Gasteiger partial charge in [-0.2, -0.15) is 0 Å². The van der Waals surface area contributed by atoms with Crippen molar-refractivity contribution in [2.24, 2.45) is 0 Å². The molecule has 2 N–H and O–H groups in total. The molecule has 5 heteroatoms. The minimum atomic E-state index is -0.918. The maximum atomic E-state index is 12.1. The molecule has 106 valence electrons. The summed E-state index contributed by atoms with van der Waals surface area (Å²) >= 11 is 6.01. The van der Waals surface area contributed by atoms with Gasteiger partial charge >= 0.3 is 6.03 Å². The highest BCUT2D eigenvalue weighted by molar-refractivity contribution is 6.31. The van der Waals surface area contributed by atoms with Gasteiger partial charge in [-0.25, -0.2) is 4.79 Å². The van der Waals surface area contributed by atoms with E-state index >= 15 is 0 Å². The molecular weight excluding hydrogens is 264 g/mol. The van der Waals surface area contributed by atoms with Crippen molar-refractivity contribution in [3.63, 3.8) is 0 Å². The van der Waals surface area contributed by atoms with Gasteiger partial charge in [0.2, 0.25) is 0 Å². The first-order valence-electron chi connectivity index (χ1n) is 6.27. The number of aliphatic hydroxyl groups is 1. The van der Waals surface area contributed by atoms with E-state index in [1.165, 1.54) is 0 Å². The predicted octanol–water partition coefficient (Wildman–Crippen LogP) is 3.27. The Kier molecular flexibility index (Phi) is 5.20. The summed E-state index contributed by atoms with van der Waals surface area (Å²) in [4.78, 5) is 13.6. The Hall–Kier alpha value is -1.26. The fourth-order valence-corrected chi connectivity index (χ4v) is 1.85. The maximum absolute atomic E-state index is 12.1. The van der Waals surface area contributed by atoms with Crippen LogP contribution in [0.1, 0.15) is 26.3 Å². The van der Waals surface area contributed by atoms with Gasteiger partial charge in [0.1, 0.15) is 0 Å². The summed E-state index contributed by atoms with van der Waals surface area (Å²) < 4.78 is 0. The van der Waals surface area contributed by atoms with Gasteiger partial charge in [0.05, 0.1) is 12.1 Å². The van der Waals surface area contributed by atoms with Crippen LogP contribution < -0.4 is 5.32 Å². The van der Waals surface area contributed by atoms with Gasteiger partial charge in [0, 0.05) is 17.3 Å². The number of amides is 2. The molecule has 19 heavy (non-hydrogen) atoms. The summed E-state index contributed by atoms with van der Waals surface area (Å²) in [7, 11) is 0. The zero-order valence-electron chi connectivity index (χ0n) is 11.8. The Morgan fingerprint density at radius 1 is 1.47 bits per heavy atom. The Morgan fingerprint density at radius 3 is 2.58 bits per heavy atom. The summed E-state index contributed by atoms with van der Waals surface area (Å²) in [6, 6.07) is 5.12. The van der Waals surface area contributed by atoms with Crippen LogP contribution in [0.15, 0.2) is 18.2 Å². The van der Waals surface area contributed by atoms with Crippen molar-refractivity contribution in [3.8, 4) is 0 Å². The Morgan fingerprint density at radius 2 is 2.11 bits per heavy atom. The third-order valence-corrected chi connectivity index (χ3v) is 3.08. The van der Waals surface area contributed by atoms with Crippen LogP contribution in [0.25, 0.3) is 0 Å². The van der Waals surface area contributed by atoms with Crippen LogP contribution in [0.2, 0.25) is 5.02 Å². The van der Waals surface area contributed by atoms with Crippen LogP contribution in [0.5, 0.6) is 0 Å². The van der Waals surface area contributed by atoms with E-state index in [1.54, 1.807) is 30.9 Å². The highest BCUT2D eigenvalue weighted by Crippen LogP contribution is 2.20. The first-order chi connectivity index (χ1) is 8.73. The number of carbonyl (C=O) groups excluding carboxylic acids is 1. The zero-order valence-corrected chi connectivity index (χ0v) is 12.6. The molecule has 0 saturated heterocycles. The highest BCUT2D eigenvalue weighted by atomic mass is 35.5.